The molecule has 66 valence electrons. The van der Waals surface area contributed by atoms with Crippen LogP contribution in [-0.4, -0.2) is 13.7 Å². The van der Waals surface area contributed by atoms with Crippen LogP contribution in [0.25, 0.3) is 0 Å². The number of hydrogen-bond acceptors (Lipinski definition) is 1. The molecule has 0 aromatic heterocycles. The average molecular weight is 156 g/mol. The van der Waals surface area contributed by atoms with E-state index in [4.69, 9.17) is 4.74 Å². The van der Waals surface area contributed by atoms with Crippen molar-refractivity contribution in [1.29, 1.82) is 0 Å². The first-order chi connectivity index (χ1) is 5.43. The molecular weight excluding hydrogens is 136 g/mol. The SMILES string of the molecule is COCCCC1CCCCC1. The molecule has 1 nitrogen and oxygen atoms in total. The van der Waals surface area contributed by atoms with Gasteiger partial charge in [-0.05, 0) is 18.8 Å². The highest BCUT2D eigenvalue weighted by Crippen LogP contribution is 2.26. The summed E-state index contributed by atoms with van der Waals surface area (Å²) in [5.41, 5.74) is 0. The van der Waals surface area contributed by atoms with Crippen LogP contribution in [0.5, 0.6) is 0 Å². The summed E-state index contributed by atoms with van der Waals surface area (Å²) in [6.45, 7) is 0.955. The molecule has 0 atom stereocenters. The largest absolute Gasteiger partial charge is 0.385 e. The minimum absolute atomic E-state index is 0.955. The highest BCUT2D eigenvalue weighted by molar-refractivity contribution is 4.65. The predicted octanol–water partition coefficient (Wildman–Crippen LogP) is 2.99. The summed E-state index contributed by atoms with van der Waals surface area (Å²) in [6.07, 6.45) is 10.0. The summed E-state index contributed by atoms with van der Waals surface area (Å²) in [6, 6.07) is 0. The molecule has 0 saturated heterocycles. The molecule has 0 bridgehead atoms. The fourth-order valence-electron chi connectivity index (χ4n) is 1.99. The van der Waals surface area contributed by atoms with E-state index in [-0.39, 0.29) is 0 Å². The molecule has 0 N–H and O–H groups in total. The molecule has 1 rings (SSSR count). The minimum atomic E-state index is 0.955. The Morgan fingerprint density at radius 3 is 2.55 bits per heavy atom. The summed E-state index contributed by atoms with van der Waals surface area (Å²) < 4.78 is 5.03. The van der Waals surface area contributed by atoms with Gasteiger partial charge in [-0.3, -0.25) is 0 Å². The van der Waals surface area contributed by atoms with E-state index in [1.807, 2.05) is 0 Å². The third-order valence-corrected chi connectivity index (χ3v) is 2.69. The topological polar surface area (TPSA) is 9.23 Å². The van der Waals surface area contributed by atoms with Crippen molar-refractivity contribution in [2.24, 2.45) is 5.92 Å². The van der Waals surface area contributed by atoms with Crippen LogP contribution < -0.4 is 0 Å². The fraction of sp³-hybridized carbons (Fsp3) is 1.00. The molecule has 0 radical (unpaired) electrons. The molecule has 11 heavy (non-hydrogen) atoms. The van der Waals surface area contributed by atoms with Crippen molar-refractivity contribution in [3.05, 3.63) is 0 Å². The fourth-order valence-corrected chi connectivity index (χ4v) is 1.99. The van der Waals surface area contributed by atoms with E-state index in [0.717, 1.165) is 12.5 Å². The molecule has 1 aliphatic rings. The lowest BCUT2D eigenvalue weighted by Crippen LogP contribution is -2.06. The molecule has 0 aromatic carbocycles. The average Bonchev–Trinajstić information content (AvgIpc) is 2.07. The van der Waals surface area contributed by atoms with Crippen LogP contribution in [-0.2, 0) is 4.74 Å². The lowest BCUT2D eigenvalue weighted by molar-refractivity contribution is 0.181. The van der Waals surface area contributed by atoms with Gasteiger partial charge in [0, 0.05) is 13.7 Å². The molecule has 0 spiro atoms. The Kier molecular flexibility index (Phi) is 4.60. The van der Waals surface area contributed by atoms with Crippen LogP contribution >= 0.6 is 0 Å². The van der Waals surface area contributed by atoms with E-state index in [2.05, 4.69) is 0 Å². The first kappa shape index (κ1) is 9.05. The maximum Gasteiger partial charge on any atom is 0.0462 e. The second kappa shape index (κ2) is 5.59. The Bertz CT molecular complexity index is 84.9. The van der Waals surface area contributed by atoms with Crippen LogP contribution in [0.4, 0.5) is 0 Å². The molecule has 0 aromatic rings. The maximum absolute atomic E-state index is 5.03. The van der Waals surface area contributed by atoms with Gasteiger partial charge in [-0.25, -0.2) is 0 Å². The van der Waals surface area contributed by atoms with Gasteiger partial charge in [-0.1, -0.05) is 32.1 Å². The van der Waals surface area contributed by atoms with Gasteiger partial charge in [0.1, 0.15) is 0 Å². The van der Waals surface area contributed by atoms with E-state index in [9.17, 15) is 0 Å². The van der Waals surface area contributed by atoms with Crippen molar-refractivity contribution < 1.29 is 4.74 Å². The van der Waals surface area contributed by atoms with Gasteiger partial charge in [0.2, 0.25) is 0 Å². The molecule has 0 aliphatic heterocycles. The van der Waals surface area contributed by atoms with E-state index >= 15 is 0 Å². The lowest BCUT2D eigenvalue weighted by atomic mass is 9.86. The van der Waals surface area contributed by atoms with Crippen LogP contribution in [0.2, 0.25) is 0 Å². The van der Waals surface area contributed by atoms with Crippen molar-refractivity contribution >= 4 is 0 Å². The zero-order chi connectivity index (χ0) is 7.94. The van der Waals surface area contributed by atoms with Crippen LogP contribution in [0.1, 0.15) is 44.9 Å². The first-order valence-electron chi connectivity index (χ1n) is 4.92. The molecule has 1 aliphatic carbocycles. The quantitative estimate of drug-likeness (QED) is 0.568. The summed E-state index contributed by atoms with van der Waals surface area (Å²) in [4.78, 5) is 0. The Morgan fingerprint density at radius 2 is 1.91 bits per heavy atom. The van der Waals surface area contributed by atoms with Crippen LogP contribution in [0, 0.1) is 5.92 Å². The van der Waals surface area contributed by atoms with Crippen molar-refractivity contribution in [1.82, 2.24) is 0 Å². The monoisotopic (exact) mass is 156 g/mol. The predicted molar refractivity (Wildman–Crippen MR) is 47.7 cm³/mol. The van der Waals surface area contributed by atoms with Gasteiger partial charge in [0.25, 0.3) is 0 Å². The Hall–Kier alpha value is -0.0400. The molecular formula is C10H20O. The maximum atomic E-state index is 5.03. The normalized spacial score (nSPS) is 20.5. The molecule has 0 unspecified atom stereocenters. The summed E-state index contributed by atoms with van der Waals surface area (Å²) in [7, 11) is 1.79. The zero-order valence-electron chi connectivity index (χ0n) is 7.64. The summed E-state index contributed by atoms with van der Waals surface area (Å²) >= 11 is 0. The van der Waals surface area contributed by atoms with Crippen molar-refractivity contribution in [2.75, 3.05) is 13.7 Å². The Morgan fingerprint density at radius 1 is 1.18 bits per heavy atom. The van der Waals surface area contributed by atoms with Crippen molar-refractivity contribution in [2.45, 2.75) is 44.9 Å². The van der Waals surface area contributed by atoms with Gasteiger partial charge in [0.15, 0.2) is 0 Å². The van der Waals surface area contributed by atoms with Gasteiger partial charge in [-0.2, -0.15) is 0 Å². The second-order valence-corrected chi connectivity index (χ2v) is 3.64. The van der Waals surface area contributed by atoms with Gasteiger partial charge < -0.3 is 4.74 Å². The summed E-state index contributed by atoms with van der Waals surface area (Å²) in [5, 5.41) is 0. The third-order valence-electron chi connectivity index (χ3n) is 2.69. The smallest absolute Gasteiger partial charge is 0.0462 e. The van der Waals surface area contributed by atoms with E-state index in [0.29, 0.717) is 0 Å². The standard InChI is InChI=1S/C10H20O/c1-11-9-5-8-10-6-3-2-4-7-10/h10H,2-9H2,1H3. The number of rotatable bonds is 4. The highest BCUT2D eigenvalue weighted by Gasteiger charge is 2.11. The molecule has 1 heteroatoms. The van der Waals surface area contributed by atoms with E-state index in [1.54, 1.807) is 7.11 Å². The molecule has 0 amide bonds. The molecule has 0 heterocycles. The summed E-state index contributed by atoms with van der Waals surface area (Å²) in [5.74, 6) is 1.03. The van der Waals surface area contributed by atoms with Crippen molar-refractivity contribution in [3.8, 4) is 0 Å². The number of methoxy groups -OCH3 is 1. The third kappa shape index (κ3) is 3.76. The van der Waals surface area contributed by atoms with Gasteiger partial charge in [-0.15, -0.1) is 0 Å². The van der Waals surface area contributed by atoms with Crippen LogP contribution in [0.3, 0.4) is 0 Å². The van der Waals surface area contributed by atoms with E-state index < -0.39 is 0 Å². The Labute approximate surface area is 70.1 Å². The zero-order valence-corrected chi connectivity index (χ0v) is 7.64. The Balaban J connectivity index is 1.96. The van der Waals surface area contributed by atoms with E-state index in [1.165, 1.54) is 44.9 Å². The number of hydrogen-bond donors (Lipinski definition) is 0. The van der Waals surface area contributed by atoms with Gasteiger partial charge >= 0.3 is 0 Å². The number of ether oxygens (including phenoxy) is 1. The highest BCUT2D eigenvalue weighted by atomic mass is 16.5. The van der Waals surface area contributed by atoms with Gasteiger partial charge in [0.05, 0.1) is 0 Å². The van der Waals surface area contributed by atoms with Crippen molar-refractivity contribution in [3.63, 3.8) is 0 Å². The first-order valence-corrected chi connectivity index (χ1v) is 4.92. The molecule has 1 fully saturated rings. The second-order valence-electron chi connectivity index (χ2n) is 3.64. The minimum Gasteiger partial charge on any atom is -0.385 e. The lowest BCUT2D eigenvalue weighted by Gasteiger charge is -2.20. The molecule has 1 saturated carbocycles. The van der Waals surface area contributed by atoms with Crippen LogP contribution in [0.15, 0.2) is 0 Å².